The molecule has 1 aromatic rings. The van der Waals surface area contributed by atoms with Gasteiger partial charge >= 0.3 is 5.97 Å². The molecule has 2 heterocycles. The van der Waals surface area contributed by atoms with Crippen molar-refractivity contribution in [1.29, 1.82) is 0 Å². The summed E-state index contributed by atoms with van der Waals surface area (Å²) >= 11 is 0. The van der Waals surface area contributed by atoms with E-state index in [1.807, 2.05) is 0 Å². The first kappa shape index (κ1) is 23.2. The molecule has 1 N–H and O–H groups in total. The van der Waals surface area contributed by atoms with Gasteiger partial charge in [0.2, 0.25) is 5.89 Å². The lowest BCUT2D eigenvalue weighted by Gasteiger charge is -2.48. The number of carbonyl (C=O) groups is 1. The van der Waals surface area contributed by atoms with Crippen LogP contribution < -0.4 is 0 Å². The topological polar surface area (TPSA) is 88.7 Å². The van der Waals surface area contributed by atoms with E-state index in [2.05, 4.69) is 35.8 Å². The molecule has 30 heavy (non-hydrogen) atoms. The quantitative estimate of drug-likeness (QED) is 0.622. The standard InChI is InChI=1S/C23H39N3O4/c1-22(2,3)23(9-5-4-6-10-23)11-7-8-18(16-20(27)28)21-24-19(25-30-21)17-26-12-14-29-15-13-26/h18H,4-17H2,1-3H3,(H,27,28)/t18-/m1/s1. The third kappa shape index (κ3) is 6.03. The molecule has 0 radical (unpaired) electrons. The zero-order valence-corrected chi connectivity index (χ0v) is 19.0. The molecule has 170 valence electrons. The van der Waals surface area contributed by atoms with Gasteiger partial charge in [-0.25, -0.2) is 0 Å². The maximum atomic E-state index is 11.5. The summed E-state index contributed by atoms with van der Waals surface area (Å²) in [6, 6.07) is 0. The van der Waals surface area contributed by atoms with E-state index < -0.39 is 5.97 Å². The zero-order valence-electron chi connectivity index (χ0n) is 19.0. The first-order valence-corrected chi connectivity index (χ1v) is 11.6. The molecule has 3 rings (SSSR count). The van der Waals surface area contributed by atoms with E-state index in [9.17, 15) is 9.90 Å². The highest BCUT2D eigenvalue weighted by Gasteiger charge is 2.42. The number of morpholine rings is 1. The number of hydrogen-bond acceptors (Lipinski definition) is 6. The Balaban J connectivity index is 1.61. The van der Waals surface area contributed by atoms with Crippen LogP contribution in [0.5, 0.6) is 0 Å². The van der Waals surface area contributed by atoms with Gasteiger partial charge in [0.25, 0.3) is 0 Å². The Morgan fingerprint density at radius 2 is 1.90 bits per heavy atom. The van der Waals surface area contributed by atoms with Crippen LogP contribution >= 0.6 is 0 Å². The summed E-state index contributed by atoms with van der Waals surface area (Å²) in [6.07, 6.45) is 9.49. The van der Waals surface area contributed by atoms with Crippen molar-refractivity contribution in [3.63, 3.8) is 0 Å². The van der Waals surface area contributed by atoms with Gasteiger partial charge in [-0.2, -0.15) is 4.98 Å². The molecule has 0 amide bonds. The first-order chi connectivity index (χ1) is 14.3. The maximum Gasteiger partial charge on any atom is 0.304 e. The van der Waals surface area contributed by atoms with Crippen molar-refractivity contribution in [2.75, 3.05) is 26.3 Å². The number of ether oxygens (including phenoxy) is 1. The molecule has 1 saturated heterocycles. The molecule has 1 aromatic heterocycles. The van der Waals surface area contributed by atoms with E-state index in [1.165, 1.54) is 32.1 Å². The van der Waals surface area contributed by atoms with Crippen LogP contribution in [0.4, 0.5) is 0 Å². The maximum absolute atomic E-state index is 11.5. The van der Waals surface area contributed by atoms with Crippen molar-refractivity contribution < 1.29 is 19.2 Å². The number of aliphatic carboxylic acids is 1. The van der Waals surface area contributed by atoms with Gasteiger partial charge in [0.1, 0.15) is 0 Å². The highest BCUT2D eigenvalue weighted by atomic mass is 16.5. The van der Waals surface area contributed by atoms with Crippen LogP contribution in [0.3, 0.4) is 0 Å². The van der Waals surface area contributed by atoms with Crippen LogP contribution in [0, 0.1) is 10.8 Å². The lowest BCUT2D eigenvalue weighted by Crippen LogP contribution is -2.37. The Morgan fingerprint density at radius 3 is 2.53 bits per heavy atom. The van der Waals surface area contributed by atoms with Crippen molar-refractivity contribution in [1.82, 2.24) is 15.0 Å². The first-order valence-electron chi connectivity index (χ1n) is 11.6. The third-order valence-electron chi connectivity index (χ3n) is 7.33. The number of hydrogen-bond donors (Lipinski definition) is 1. The second kappa shape index (κ2) is 10.2. The van der Waals surface area contributed by atoms with Gasteiger partial charge < -0.3 is 14.4 Å². The number of carboxylic acid groups (broad SMARTS) is 1. The predicted molar refractivity (Wildman–Crippen MR) is 114 cm³/mol. The van der Waals surface area contributed by atoms with Gasteiger partial charge in [-0.1, -0.05) is 51.6 Å². The second-order valence-corrected chi connectivity index (χ2v) is 10.2. The molecular weight excluding hydrogens is 382 g/mol. The fourth-order valence-corrected chi connectivity index (χ4v) is 5.27. The number of rotatable bonds is 9. The molecule has 0 spiro atoms. The Hall–Kier alpha value is -1.47. The Kier molecular flexibility index (Phi) is 7.91. The molecule has 1 atom stereocenters. The molecule has 1 aliphatic carbocycles. The second-order valence-electron chi connectivity index (χ2n) is 10.2. The molecule has 2 aliphatic rings. The minimum atomic E-state index is -0.809. The third-order valence-corrected chi connectivity index (χ3v) is 7.33. The van der Waals surface area contributed by atoms with Crippen LogP contribution in [0.1, 0.15) is 96.2 Å². The minimum absolute atomic E-state index is 0.0434. The molecule has 2 fully saturated rings. The Bertz CT molecular complexity index is 670. The van der Waals surface area contributed by atoms with Gasteiger partial charge in [0.15, 0.2) is 5.82 Å². The van der Waals surface area contributed by atoms with Gasteiger partial charge in [0.05, 0.1) is 26.2 Å². The summed E-state index contributed by atoms with van der Waals surface area (Å²) in [6.45, 7) is 10.9. The van der Waals surface area contributed by atoms with E-state index >= 15 is 0 Å². The average molecular weight is 422 g/mol. The van der Waals surface area contributed by atoms with Crippen LogP contribution in [0.25, 0.3) is 0 Å². The number of carboxylic acids is 1. The van der Waals surface area contributed by atoms with E-state index in [0.717, 1.165) is 45.6 Å². The van der Waals surface area contributed by atoms with Gasteiger partial charge in [-0.3, -0.25) is 9.69 Å². The van der Waals surface area contributed by atoms with Crippen LogP contribution in [-0.2, 0) is 16.1 Å². The van der Waals surface area contributed by atoms with Gasteiger partial charge in [-0.05, 0) is 36.5 Å². The van der Waals surface area contributed by atoms with Crippen molar-refractivity contribution in [2.45, 2.75) is 91.0 Å². The minimum Gasteiger partial charge on any atom is -0.481 e. The van der Waals surface area contributed by atoms with Gasteiger partial charge in [0, 0.05) is 19.0 Å². The fourth-order valence-electron chi connectivity index (χ4n) is 5.27. The number of aromatic nitrogens is 2. The Labute approximate surface area is 180 Å². The molecule has 0 unspecified atom stereocenters. The highest BCUT2D eigenvalue weighted by molar-refractivity contribution is 5.67. The Morgan fingerprint density at radius 1 is 1.20 bits per heavy atom. The lowest BCUT2D eigenvalue weighted by atomic mass is 9.57. The fraction of sp³-hybridized carbons (Fsp3) is 0.870. The van der Waals surface area contributed by atoms with Crippen LogP contribution in [0.2, 0.25) is 0 Å². The summed E-state index contributed by atoms with van der Waals surface area (Å²) in [7, 11) is 0. The van der Waals surface area contributed by atoms with Crippen molar-refractivity contribution in [2.24, 2.45) is 10.8 Å². The lowest BCUT2D eigenvalue weighted by molar-refractivity contribution is -0.137. The zero-order chi connectivity index (χ0) is 21.6. The monoisotopic (exact) mass is 421 g/mol. The highest BCUT2D eigenvalue weighted by Crippen LogP contribution is 2.53. The largest absolute Gasteiger partial charge is 0.481 e. The predicted octanol–water partition coefficient (Wildman–Crippen LogP) is 4.63. The molecule has 1 saturated carbocycles. The summed E-state index contributed by atoms with van der Waals surface area (Å²) in [5.41, 5.74) is 0.626. The van der Waals surface area contributed by atoms with Crippen molar-refractivity contribution >= 4 is 5.97 Å². The molecular formula is C23H39N3O4. The SMILES string of the molecule is CC(C)(C)C1(CCC[C@H](CC(=O)O)c2nc(CN3CCOCC3)no2)CCCCC1. The van der Waals surface area contributed by atoms with E-state index in [0.29, 0.717) is 23.7 Å². The molecule has 7 heteroatoms. The molecule has 0 aromatic carbocycles. The molecule has 7 nitrogen and oxygen atoms in total. The van der Waals surface area contributed by atoms with E-state index in [4.69, 9.17) is 9.26 Å². The molecule has 1 aliphatic heterocycles. The summed E-state index contributed by atoms with van der Waals surface area (Å²) < 4.78 is 10.9. The summed E-state index contributed by atoms with van der Waals surface area (Å²) in [5.74, 6) is 0.0972. The normalized spacial score (nSPS) is 21.4. The average Bonchev–Trinajstić information content (AvgIpc) is 3.16. The summed E-state index contributed by atoms with van der Waals surface area (Å²) in [5, 5.41) is 13.6. The van der Waals surface area contributed by atoms with Crippen molar-refractivity contribution in [3.8, 4) is 0 Å². The van der Waals surface area contributed by atoms with Crippen molar-refractivity contribution in [3.05, 3.63) is 11.7 Å². The smallest absolute Gasteiger partial charge is 0.304 e. The number of nitrogens with zero attached hydrogens (tertiary/aromatic N) is 3. The summed E-state index contributed by atoms with van der Waals surface area (Å²) in [4.78, 5) is 18.3. The van der Waals surface area contributed by atoms with Crippen LogP contribution in [-0.4, -0.2) is 52.4 Å². The van der Waals surface area contributed by atoms with Gasteiger partial charge in [-0.15, -0.1) is 0 Å². The van der Waals surface area contributed by atoms with Crippen LogP contribution in [0.15, 0.2) is 4.52 Å². The van der Waals surface area contributed by atoms with E-state index in [1.54, 1.807) is 0 Å². The molecule has 0 bridgehead atoms. The van der Waals surface area contributed by atoms with E-state index in [-0.39, 0.29) is 17.8 Å².